The molecule has 0 radical (unpaired) electrons. The summed E-state index contributed by atoms with van der Waals surface area (Å²) in [4.78, 5) is 12.8. The molecule has 14 heteroatoms. The lowest BCUT2D eigenvalue weighted by Gasteiger charge is -2.30. The zero-order valence-corrected chi connectivity index (χ0v) is 24.9. The Balaban J connectivity index is 1.33. The van der Waals surface area contributed by atoms with Crippen molar-refractivity contribution in [2.75, 3.05) is 23.1 Å². The van der Waals surface area contributed by atoms with Crippen molar-refractivity contribution in [1.82, 2.24) is 4.31 Å². The molecule has 1 aliphatic heterocycles. The molecule has 0 aliphatic carbocycles. The zero-order valence-electron chi connectivity index (χ0n) is 20.2. The van der Waals surface area contributed by atoms with Gasteiger partial charge >= 0.3 is 0 Å². The first kappa shape index (κ1) is 29.9. The first-order valence-corrected chi connectivity index (χ1v) is 16.3. The average Bonchev–Trinajstić information content (AvgIpc) is 2.89. The van der Waals surface area contributed by atoms with E-state index in [0.717, 1.165) is 0 Å². The van der Waals surface area contributed by atoms with E-state index in [0.29, 0.717) is 29.1 Å². The summed E-state index contributed by atoms with van der Waals surface area (Å²) in [5.74, 6) is -0.925. The standard InChI is InChI=1S/C25H23Cl4N3O5S2/c26-18-5-4-17(22(28)14-18)15-38(34,35)32-12-10-16(11-13-32)25(33)30-19-6-8-20(9-7-19)39(36,37)31-23-3-1-2-21(27)24(23)29/h1-9,14,16,31H,10-13,15H2,(H,30,33). The number of nitrogens with one attached hydrogen (secondary N) is 2. The SMILES string of the molecule is O=C(Nc1ccc(S(=O)(=O)Nc2cccc(Cl)c2Cl)cc1)C1CCN(S(=O)(=O)Cc2ccc(Cl)cc2Cl)CC1. The Hall–Kier alpha value is -2.05. The minimum atomic E-state index is -3.95. The highest BCUT2D eigenvalue weighted by Gasteiger charge is 2.31. The molecule has 0 saturated carbocycles. The maximum Gasteiger partial charge on any atom is 0.261 e. The molecular weight excluding hydrogens is 628 g/mol. The fourth-order valence-corrected chi connectivity index (χ4v) is 7.70. The van der Waals surface area contributed by atoms with Gasteiger partial charge in [-0.3, -0.25) is 9.52 Å². The Labute approximate surface area is 247 Å². The third kappa shape index (κ3) is 7.38. The van der Waals surface area contributed by atoms with Gasteiger partial charge in [0.1, 0.15) is 0 Å². The highest BCUT2D eigenvalue weighted by atomic mass is 35.5. The Morgan fingerprint density at radius 3 is 2.18 bits per heavy atom. The second-order valence-electron chi connectivity index (χ2n) is 8.89. The lowest BCUT2D eigenvalue weighted by Crippen LogP contribution is -2.41. The van der Waals surface area contributed by atoms with Gasteiger partial charge in [0.2, 0.25) is 15.9 Å². The number of amides is 1. The van der Waals surface area contributed by atoms with E-state index < -0.39 is 26.0 Å². The fourth-order valence-electron chi connectivity index (χ4n) is 4.07. The number of carbonyl (C=O) groups excluding carboxylic acids is 1. The number of hydrogen-bond donors (Lipinski definition) is 2. The van der Waals surface area contributed by atoms with Crippen LogP contribution in [0.4, 0.5) is 11.4 Å². The summed E-state index contributed by atoms with van der Waals surface area (Å²) in [6.07, 6.45) is 0.687. The van der Waals surface area contributed by atoms with Crippen molar-refractivity contribution in [3.63, 3.8) is 0 Å². The van der Waals surface area contributed by atoms with Crippen molar-refractivity contribution in [2.24, 2.45) is 5.92 Å². The van der Waals surface area contributed by atoms with Crippen molar-refractivity contribution in [1.29, 1.82) is 0 Å². The minimum Gasteiger partial charge on any atom is -0.326 e. The average molecular weight is 651 g/mol. The molecule has 0 atom stereocenters. The Bertz CT molecular complexity index is 1590. The van der Waals surface area contributed by atoms with E-state index in [1.165, 1.54) is 40.7 Å². The molecule has 0 bridgehead atoms. The molecule has 3 aromatic carbocycles. The molecule has 1 heterocycles. The van der Waals surface area contributed by atoms with E-state index in [-0.39, 0.29) is 50.4 Å². The summed E-state index contributed by atoms with van der Waals surface area (Å²) in [5.41, 5.74) is 1.01. The summed E-state index contributed by atoms with van der Waals surface area (Å²) in [5, 5.41) is 3.77. The van der Waals surface area contributed by atoms with E-state index in [9.17, 15) is 21.6 Å². The number of anilines is 2. The number of nitrogens with zero attached hydrogens (tertiary/aromatic N) is 1. The van der Waals surface area contributed by atoms with E-state index in [4.69, 9.17) is 46.4 Å². The second kappa shape index (κ2) is 12.2. The van der Waals surface area contributed by atoms with Crippen LogP contribution in [0.15, 0.2) is 65.6 Å². The number of hydrogen-bond acceptors (Lipinski definition) is 5. The summed E-state index contributed by atoms with van der Waals surface area (Å²) < 4.78 is 55.0. The van der Waals surface area contributed by atoms with Gasteiger partial charge in [0.25, 0.3) is 10.0 Å². The fraction of sp³-hybridized carbons (Fsp3) is 0.240. The topological polar surface area (TPSA) is 113 Å². The molecule has 0 aromatic heterocycles. The normalized spacial score (nSPS) is 15.2. The number of benzene rings is 3. The minimum absolute atomic E-state index is 0.0316. The van der Waals surface area contributed by atoms with Crippen LogP contribution in [-0.4, -0.2) is 40.1 Å². The lowest BCUT2D eigenvalue weighted by atomic mass is 9.97. The molecular formula is C25H23Cl4N3O5S2. The van der Waals surface area contributed by atoms with Crippen LogP contribution in [0.5, 0.6) is 0 Å². The van der Waals surface area contributed by atoms with Gasteiger partial charge in [-0.1, -0.05) is 58.5 Å². The van der Waals surface area contributed by atoms with Gasteiger partial charge in [0.05, 0.1) is 26.4 Å². The van der Waals surface area contributed by atoms with Crippen molar-refractivity contribution >= 4 is 83.7 Å². The summed E-state index contributed by atoms with van der Waals surface area (Å²) >= 11 is 24.0. The highest BCUT2D eigenvalue weighted by Crippen LogP contribution is 2.31. The molecule has 8 nitrogen and oxygen atoms in total. The third-order valence-corrected chi connectivity index (χ3v) is 10.8. The molecule has 3 aromatic rings. The predicted molar refractivity (Wildman–Crippen MR) is 156 cm³/mol. The molecule has 4 rings (SSSR count). The van der Waals surface area contributed by atoms with Gasteiger partial charge in [-0.25, -0.2) is 21.1 Å². The van der Waals surface area contributed by atoms with E-state index in [1.54, 1.807) is 24.3 Å². The number of piperidine rings is 1. The number of rotatable bonds is 8. The Morgan fingerprint density at radius 1 is 0.872 bits per heavy atom. The van der Waals surface area contributed by atoms with Gasteiger partial charge in [-0.05, 0) is 66.9 Å². The first-order valence-electron chi connectivity index (χ1n) is 11.7. The van der Waals surface area contributed by atoms with Crippen molar-refractivity contribution < 1.29 is 21.6 Å². The lowest BCUT2D eigenvalue weighted by molar-refractivity contribution is -0.120. The molecule has 1 fully saturated rings. The molecule has 1 amide bonds. The molecule has 1 aliphatic rings. The van der Waals surface area contributed by atoms with Crippen LogP contribution in [0, 0.1) is 5.92 Å². The molecule has 0 spiro atoms. The van der Waals surface area contributed by atoms with E-state index >= 15 is 0 Å². The van der Waals surface area contributed by atoms with Crippen LogP contribution in [0.1, 0.15) is 18.4 Å². The van der Waals surface area contributed by atoms with Crippen molar-refractivity contribution in [2.45, 2.75) is 23.5 Å². The largest absolute Gasteiger partial charge is 0.326 e. The van der Waals surface area contributed by atoms with Gasteiger partial charge in [-0.2, -0.15) is 0 Å². The van der Waals surface area contributed by atoms with E-state index in [1.807, 2.05) is 0 Å². The Morgan fingerprint density at radius 2 is 1.54 bits per heavy atom. The maximum atomic E-state index is 12.9. The smallest absolute Gasteiger partial charge is 0.261 e. The summed E-state index contributed by atoms with van der Waals surface area (Å²) in [6.45, 7) is 0.390. The van der Waals surface area contributed by atoms with Crippen LogP contribution < -0.4 is 10.0 Å². The van der Waals surface area contributed by atoms with Gasteiger partial charge < -0.3 is 5.32 Å². The maximum absolute atomic E-state index is 12.9. The first-order chi connectivity index (χ1) is 18.4. The number of carbonyl (C=O) groups is 1. The van der Waals surface area contributed by atoms with Gasteiger partial charge in [0, 0.05) is 34.7 Å². The van der Waals surface area contributed by atoms with Gasteiger partial charge in [-0.15, -0.1) is 0 Å². The van der Waals surface area contributed by atoms with E-state index in [2.05, 4.69) is 10.0 Å². The number of halogens is 4. The number of sulfonamides is 2. The quantitative estimate of drug-likeness (QED) is 0.298. The predicted octanol–water partition coefficient (Wildman–Crippen LogP) is 6.28. The van der Waals surface area contributed by atoms with Crippen molar-refractivity contribution in [3.8, 4) is 0 Å². The monoisotopic (exact) mass is 649 g/mol. The van der Waals surface area contributed by atoms with Crippen LogP contribution in [0.25, 0.3) is 0 Å². The zero-order chi connectivity index (χ0) is 28.4. The van der Waals surface area contributed by atoms with Crippen LogP contribution in [0.3, 0.4) is 0 Å². The van der Waals surface area contributed by atoms with Crippen LogP contribution in [0.2, 0.25) is 20.1 Å². The molecule has 39 heavy (non-hydrogen) atoms. The molecule has 2 N–H and O–H groups in total. The second-order valence-corrected chi connectivity index (χ2v) is 14.2. The molecule has 0 unspecified atom stereocenters. The molecule has 208 valence electrons. The van der Waals surface area contributed by atoms with Crippen molar-refractivity contribution in [3.05, 3.63) is 86.3 Å². The summed E-state index contributed by atoms with van der Waals surface area (Å²) in [7, 11) is -7.58. The van der Waals surface area contributed by atoms with Crippen LogP contribution >= 0.6 is 46.4 Å². The summed E-state index contributed by atoms with van der Waals surface area (Å²) in [6, 6.07) is 14.9. The van der Waals surface area contributed by atoms with Crippen LogP contribution in [-0.2, 0) is 30.6 Å². The molecule has 1 saturated heterocycles. The Kier molecular flexibility index (Phi) is 9.37. The third-order valence-electron chi connectivity index (χ3n) is 6.20. The van der Waals surface area contributed by atoms with Gasteiger partial charge in [0.15, 0.2) is 0 Å². The highest BCUT2D eigenvalue weighted by molar-refractivity contribution is 7.92.